The zero-order chi connectivity index (χ0) is 10.7. The highest BCUT2D eigenvalue weighted by Gasteiger charge is 2.37. The first-order valence-corrected chi connectivity index (χ1v) is 5.41. The molecule has 0 spiro atoms. The summed E-state index contributed by atoms with van der Waals surface area (Å²) in [5, 5.41) is 8.99. The van der Waals surface area contributed by atoms with Gasteiger partial charge in [-0.05, 0) is 24.5 Å². The summed E-state index contributed by atoms with van der Waals surface area (Å²) in [5.41, 5.74) is 1.06. The monoisotopic (exact) mass is 203 g/mol. The molecule has 1 saturated carbocycles. The molecule has 15 heavy (non-hydrogen) atoms. The molecule has 1 N–H and O–H groups in total. The molecule has 0 amide bonds. The molecule has 1 aromatic carbocycles. The van der Waals surface area contributed by atoms with Crippen molar-refractivity contribution in [3.63, 3.8) is 0 Å². The summed E-state index contributed by atoms with van der Waals surface area (Å²) < 4.78 is 0. The van der Waals surface area contributed by atoms with Gasteiger partial charge in [0.2, 0.25) is 0 Å². The number of benzene rings is 1. The van der Waals surface area contributed by atoms with E-state index < -0.39 is 5.97 Å². The number of carboxylic acids is 1. The van der Waals surface area contributed by atoms with Crippen LogP contribution >= 0.6 is 0 Å². The van der Waals surface area contributed by atoms with Crippen molar-refractivity contribution in [2.45, 2.75) is 37.5 Å². The van der Waals surface area contributed by atoms with Crippen molar-refractivity contribution < 1.29 is 9.90 Å². The Balaban J connectivity index is 2.30. The van der Waals surface area contributed by atoms with Crippen molar-refractivity contribution in [2.24, 2.45) is 0 Å². The highest BCUT2D eigenvalue weighted by atomic mass is 16.4. The van der Waals surface area contributed by atoms with E-state index in [1.807, 2.05) is 24.3 Å². The van der Waals surface area contributed by atoms with Crippen LogP contribution in [-0.2, 0) is 10.2 Å². The molecule has 1 radical (unpaired) electrons. The van der Waals surface area contributed by atoms with Gasteiger partial charge >= 0.3 is 5.97 Å². The standard InChI is InChI=1S/C13H15O2/c14-12(15)10-13(8-4-5-9-13)11-6-2-1-3-7-11/h2-3,6-7H,4-5,8-10H2,(H,14,15). The molecule has 1 fully saturated rings. The summed E-state index contributed by atoms with van der Waals surface area (Å²) in [4.78, 5) is 10.9. The predicted molar refractivity (Wildman–Crippen MR) is 57.7 cm³/mol. The van der Waals surface area contributed by atoms with E-state index in [1.54, 1.807) is 0 Å². The van der Waals surface area contributed by atoms with E-state index in [-0.39, 0.29) is 11.8 Å². The largest absolute Gasteiger partial charge is 0.481 e. The quantitative estimate of drug-likeness (QED) is 0.820. The summed E-state index contributed by atoms with van der Waals surface area (Å²) in [6.45, 7) is 0. The lowest BCUT2D eigenvalue weighted by Gasteiger charge is -2.27. The lowest BCUT2D eigenvalue weighted by molar-refractivity contribution is -0.138. The fraction of sp³-hybridized carbons (Fsp3) is 0.462. The van der Waals surface area contributed by atoms with E-state index in [0.29, 0.717) is 0 Å². The molecule has 0 bridgehead atoms. The maximum Gasteiger partial charge on any atom is 0.304 e. The van der Waals surface area contributed by atoms with Gasteiger partial charge in [0.25, 0.3) is 0 Å². The Morgan fingerprint density at radius 2 is 1.93 bits per heavy atom. The van der Waals surface area contributed by atoms with Crippen molar-refractivity contribution in [1.29, 1.82) is 0 Å². The van der Waals surface area contributed by atoms with E-state index in [4.69, 9.17) is 5.11 Å². The van der Waals surface area contributed by atoms with Crippen molar-refractivity contribution in [3.05, 3.63) is 35.9 Å². The lowest BCUT2D eigenvalue weighted by Crippen LogP contribution is -2.25. The van der Waals surface area contributed by atoms with Gasteiger partial charge in [0.15, 0.2) is 0 Å². The lowest BCUT2D eigenvalue weighted by atomic mass is 9.76. The third kappa shape index (κ3) is 2.04. The Morgan fingerprint density at radius 3 is 2.47 bits per heavy atom. The predicted octanol–water partition coefficient (Wildman–Crippen LogP) is 2.77. The van der Waals surface area contributed by atoms with Gasteiger partial charge in [-0.1, -0.05) is 37.1 Å². The van der Waals surface area contributed by atoms with Crippen molar-refractivity contribution in [3.8, 4) is 0 Å². The first-order valence-electron chi connectivity index (χ1n) is 5.41. The number of hydrogen-bond donors (Lipinski definition) is 1. The van der Waals surface area contributed by atoms with Crippen LogP contribution in [0.25, 0.3) is 0 Å². The van der Waals surface area contributed by atoms with Crippen LogP contribution in [0.5, 0.6) is 0 Å². The number of carbonyl (C=O) groups is 1. The first-order chi connectivity index (χ1) is 7.23. The molecule has 0 heterocycles. The highest BCUT2D eigenvalue weighted by Crippen LogP contribution is 2.43. The maximum absolute atomic E-state index is 10.9. The van der Waals surface area contributed by atoms with Gasteiger partial charge in [-0.15, -0.1) is 0 Å². The van der Waals surface area contributed by atoms with Crippen LogP contribution in [0.15, 0.2) is 24.3 Å². The second kappa shape index (κ2) is 4.05. The molecule has 1 aliphatic rings. The van der Waals surface area contributed by atoms with E-state index >= 15 is 0 Å². The molecule has 79 valence electrons. The summed E-state index contributed by atoms with van der Waals surface area (Å²) >= 11 is 0. The molecule has 1 aliphatic carbocycles. The first kappa shape index (κ1) is 10.2. The third-order valence-electron chi connectivity index (χ3n) is 3.38. The van der Waals surface area contributed by atoms with Crippen LogP contribution in [-0.4, -0.2) is 11.1 Å². The van der Waals surface area contributed by atoms with Gasteiger partial charge in [0.1, 0.15) is 0 Å². The molecule has 1 aromatic rings. The second-order valence-corrected chi connectivity index (χ2v) is 4.35. The van der Waals surface area contributed by atoms with Crippen molar-refractivity contribution in [1.82, 2.24) is 0 Å². The second-order valence-electron chi connectivity index (χ2n) is 4.35. The maximum atomic E-state index is 10.9. The van der Waals surface area contributed by atoms with Crippen molar-refractivity contribution >= 4 is 5.97 Å². The fourth-order valence-electron chi connectivity index (χ4n) is 2.65. The smallest absolute Gasteiger partial charge is 0.304 e. The van der Waals surface area contributed by atoms with E-state index in [9.17, 15) is 4.79 Å². The fourth-order valence-corrected chi connectivity index (χ4v) is 2.65. The average molecular weight is 203 g/mol. The van der Waals surface area contributed by atoms with Gasteiger partial charge in [-0.2, -0.15) is 0 Å². The summed E-state index contributed by atoms with van der Waals surface area (Å²) in [7, 11) is 0. The van der Waals surface area contributed by atoms with Gasteiger partial charge < -0.3 is 5.11 Å². The van der Waals surface area contributed by atoms with Crippen LogP contribution < -0.4 is 0 Å². The molecule has 0 aromatic heterocycles. The Labute approximate surface area is 89.9 Å². The van der Waals surface area contributed by atoms with E-state index in [1.165, 1.54) is 5.56 Å². The summed E-state index contributed by atoms with van der Waals surface area (Å²) in [5.74, 6) is -0.690. The van der Waals surface area contributed by atoms with Gasteiger partial charge in [-0.3, -0.25) is 4.79 Å². The molecule has 2 heteroatoms. The minimum absolute atomic E-state index is 0.110. The summed E-state index contributed by atoms with van der Waals surface area (Å²) in [6.07, 6.45) is 4.56. The Kier molecular flexibility index (Phi) is 2.76. The molecule has 2 rings (SSSR count). The third-order valence-corrected chi connectivity index (χ3v) is 3.38. The van der Waals surface area contributed by atoms with Crippen LogP contribution in [0.1, 0.15) is 37.7 Å². The molecular weight excluding hydrogens is 188 g/mol. The zero-order valence-corrected chi connectivity index (χ0v) is 8.70. The minimum atomic E-state index is -0.690. The average Bonchev–Trinajstić information content (AvgIpc) is 2.68. The molecule has 2 nitrogen and oxygen atoms in total. The highest BCUT2D eigenvalue weighted by molar-refractivity contribution is 5.69. The number of aliphatic carboxylic acids is 1. The van der Waals surface area contributed by atoms with Gasteiger partial charge in [0.05, 0.1) is 6.42 Å². The zero-order valence-electron chi connectivity index (χ0n) is 8.70. The normalized spacial score (nSPS) is 18.9. The number of carboxylic acid groups (broad SMARTS) is 1. The van der Waals surface area contributed by atoms with Gasteiger partial charge in [0, 0.05) is 5.41 Å². The minimum Gasteiger partial charge on any atom is -0.481 e. The molecular formula is C13H15O2. The van der Waals surface area contributed by atoms with Gasteiger partial charge in [-0.25, -0.2) is 0 Å². The van der Waals surface area contributed by atoms with Crippen LogP contribution in [0.4, 0.5) is 0 Å². The topological polar surface area (TPSA) is 37.3 Å². The van der Waals surface area contributed by atoms with Crippen LogP contribution in [0.3, 0.4) is 0 Å². The SMILES string of the molecule is O=C(O)CC1(c2cc[c]cc2)CCCC1. The summed E-state index contributed by atoms with van der Waals surface area (Å²) in [6, 6.07) is 10.7. The number of hydrogen-bond acceptors (Lipinski definition) is 1. The molecule has 0 atom stereocenters. The van der Waals surface area contributed by atoms with Crippen LogP contribution in [0, 0.1) is 6.07 Å². The number of rotatable bonds is 3. The van der Waals surface area contributed by atoms with Crippen LogP contribution in [0.2, 0.25) is 0 Å². The van der Waals surface area contributed by atoms with E-state index in [0.717, 1.165) is 25.7 Å². The molecule has 0 aliphatic heterocycles. The van der Waals surface area contributed by atoms with Crippen molar-refractivity contribution in [2.75, 3.05) is 0 Å². The Morgan fingerprint density at radius 1 is 1.33 bits per heavy atom. The molecule has 0 saturated heterocycles. The molecule has 0 unspecified atom stereocenters. The Bertz CT molecular complexity index is 337. The van der Waals surface area contributed by atoms with E-state index in [2.05, 4.69) is 6.07 Å². The Hall–Kier alpha value is -1.31.